The summed E-state index contributed by atoms with van der Waals surface area (Å²) in [5, 5.41) is 0. The first-order valence-corrected chi connectivity index (χ1v) is 32.3. The van der Waals surface area contributed by atoms with E-state index in [9.17, 15) is 74.3 Å². The Balaban J connectivity index is 1.05. The second-order valence-electron chi connectivity index (χ2n) is 23.5. The molecule has 0 aromatic heterocycles. The van der Waals surface area contributed by atoms with Crippen LogP contribution in [-0.4, -0.2) is 206 Å². The van der Waals surface area contributed by atoms with Crippen molar-refractivity contribution in [2.75, 3.05) is 19.8 Å². The molecule has 6 aliphatic heterocycles. The standard InChI is InChI=1S/C67H62F3N3O26S/c1-33(74)87-30-48-54(92-34(2)75)57(95-37(5)78)50(72-60(81)42-24-14-15-25-43(42)61(72)82)65(97-48)90-31-46-52(88-28-38-18-8-6-9-19-38)55(93-35(3)76)49(71-58(79)40-22-12-13-23-41(40)59(71)80)64(96-46)91-32-47-53(89-29-39-20-10-7-11-21-39)56(94-36(4)77)51(66(98-47)99-100(85,86)67(68,69)70)73-62(83)44-26-16-17-27-45(44)63(73)84/h6-27,46-57,64-66H,28-32H2,1-5H3/t46-,47-,48-,49-,50-,51-,52-,53-,54-,55-,56-,57-,64-,65-,66-/m1/s1. The van der Waals surface area contributed by atoms with Gasteiger partial charge >= 0.3 is 45.5 Å². The van der Waals surface area contributed by atoms with Gasteiger partial charge in [0.1, 0.15) is 55.3 Å². The van der Waals surface area contributed by atoms with Crippen molar-refractivity contribution in [2.24, 2.45) is 0 Å². The third kappa shape index (κ3) is 14.6. The van der Waals surface area contributed by atoms with E-state index in [0.29, 0.717) is 25.8 Å². The van der Waals surface area contributed by atoms with Crippen LogP contribution in [-0.2, 0) is 108 Å². The summed E-state index contributed by atoms with van der Waals surface area (Å²) >= 11 is 0. The number of carbonyl (C=O) groups is 11. The van der Waals surface area contributed by atoms with E-state index >= 15 is 0 Å². The van der Waals surface area contributed by atoms with Crippen LogP contribution in [0.1, 0.15) is 108 Å². The molecule has 3 saturated heterocycles. The van der Waals surface area contributed by atoms with E-state index in [1.165, 1.54) is 72.8 Å². The van der Waals surface area contributed by atoms with E-state index in [-0.39, 0.29) is 33.4 Å². The van der Waals surface area contributed by atoms with Crippen molar-refractivity contribution >= 4 is 75.4 Å². The van der Waals surface area contributed by atoms with E-state index in [4.69, 9.17) is 61.0 Å². The van der Waals surface area contributed by atoms with Crippen molar-refractivity contribution in [1.29, 1.82) is 0 Å². The molecule has 0 saturated carbocycles. The molecule has 6 amide bonds. The summed E-state index contributed by atoms with van der Waals surface area (Å²) in [6, 6.07) is 25.8. The number of amides is 6. The van der Waals surface area contributed by atoms with Crippen molar-refractivity contribution in [1.82, 2.24) is 14.7 Å². The van der Waals surface area contributed by atoms with Gasteiger partial charge in [-0.2, -0.15) is 21.6 Å². The number of carbonyl (C=O) groups excluding carboxylic acids is 11. The Morgan fingerprint density at radius 1 is 0.380 bits per heavy atom. The predicted octanol–water partition coefficient (Wildman–Crippen LogP) is 4.52. The maximum Gasteiger partial charge on any atom is 0.523 e. The van der Waals surface area contributed by atoms with E-state index in [1.807, 2.05) is 0 Å². The molecule has 5 aromatic carbocycles. The molecule has 5 aromatic rings. The van der Waals surface area contributed by atoms with Crippen LogP contribution in [0.5, 0.6) is 0 Å². The van der Waals surface area contributed by atoms with Gasteiger partial charge in [0.15, 0.2) is 37.0 Å². The first-order valence-electron chi connectivity index (χ1n) is 30.9. The number of rotatable bonds is 23. The van der Waals surface area contributed by atoms with Crippen LogP contribution in [0.25, 0.3) is 0 Å². The number of hydrogen-bond acceptors (Lipinski definition) is 26. The number of esters is 5. The van der Waals surface area contributed by atoms with E-state index < -0.39 is 206 Å². The lowest BCUT2D eigenvalue weighted by atomic mass is 9.93. The van der Waals surface area contributed by atoms with Crippen molar-refractivity contribution in [3.63, 3.8) is 0 Å². The zero-order valence-corrected chi connectivity index (χ0v) is 54.2. The molecule has 0 radical (unpaired) electrons. The fourth-order valence-electron chi connectivity index (χ4n) is 12.7. The van der Waals surface area contributed by atoms with Gasteiger partial charge < -0.3 is 56.8 Å². The maximum atomic E-state index is 15.0. The zero-order chi connectivity index (χ0) is 71.6. The number of alkyl halides is 3. The van der Waals surface area contributed by atoms with Crippen molar-refractivity contribution < 1.29 is 135 Å². The van der Waals surface area contributed by atoms with Crippen LogP contribution in [0.2, 0.25) is 0 Å². The highest BCUT2D eigenvalue weighted by molar-refractivity contribution is 7.87. The van der Waals surface area contributed by atoms with Gasteiger partial charge in [0.2, 0.25) is 6.29 Å². The van der Waals surface area contributed by atoms with Gasteiger partial charge in [-0.3, -0.25) is 67.4 Å². The third-order valence-corrected chi connectivity index (χ3v) is 17.8. The van der Waals surface area contributed by atoms with Gasteiger partial charge in [0, 0.05) is 34.6 Å². The Bertz CT molecular complexity index is 4040. The first-order chi connectivity index (χ1) is 47.6. The monoisotopic (exact) mass is 1410 g/mol. The minimum Gasteiger partial charge on any atom is -0.463 e. The smallest absolute Gasteiger partial charge is 0.463 e. The lowest BCUT2D eigenvalue weighted by Gasteiger charge is -2.50. The Labute approximate surface area is 566 Å². The third-order valence-electron chi connectivity index (χ3n) is 16.8. The van der Waals surface area contributed by atoms with Gasteiger partial charge in [-0.1, -0.05) is 97.1 Å². The second kappa shape index (κ2) is 29.6. The molecule has 0 bridgehead atoms. The molecule has 6 aliphatic rings. The van der Waals surface area contributed by atoms with Gasteiger partial charge in [-0.25, -0.2) is 4.18 Å². The number of nitrogens with zero attached hydrogens (tertiary/aromatic N) is 3. The molecule has 0 N–H and O–H groups in total. The highest BCUT2D eigenvalue weighted by Crippen LogP contribution is 2.42. The van der Waals surface area contributed by atoms with Crippen LogP contribution in [0.3, 0.4) is 0 Å². The molecular formula is C67H62F3N3O26S. The summed E-state index contributed by atoms with van der Waals surface area (Å²) in [4.78, 5) is 155. The zero-order valence-electron chi connectivity index (χ0n) is 53.4. The van der Waals surface area contributed by atoms with Gasteiger partial charge in [-0.15, -0.1) is 0 Å². The average molecular weight is 1410 g/mol. The summed E-state index contributed by atoms with van der Waals surface area (Å²) in [6.45, 7) is 0.911. The lowest BCUT2D eigenvalue weighted by Crippen LogP contribution is -2.70. The topological polar surface area (TPSA) is 352 Å². The molecule has 6 heterocycles. The van der Waals surface area contributed by atoms with Crippen molar-refractivity contribution in [2.45, 2.75) is 145 Å². The minimum absolute atomic E-state index is 0.139. The minimum atomic E-state index is -6.83. The molecule has 33 heteroatoms. The normalized spacial score (nSPS) is 27.3. The summed E-state index contributed by atoms with van der Waals surface area (Å²) in [5.41, 5.74) is -6.68. The van der Waals surface area contributed by atoms with Crippen LogP contribution in [0.15, 0.2) is 133 Å². The molecule has 29 nitrogen and oxygen atoms in total. The Hall–Kier alpha value is -9.71. The van der Waals surface area contributed by atoms with E-state index in [2.05, 4.69) is 0 Å². The molecule has 0 aliphatic carbocycles. The SMILES string of the molecule is CC(=O)OC[C@H]1O[C@@H](OC[C@H]2O[C@@H](OC[C@H]3O[C@H](OS(=O)(=O)C(F)(F)F)[C@H](N4C(=O)c5ccccc5C4=O)[C@@H](OC(C)=O)[C@@H]3OCc3ccccc3)[C@H](N3C(=O)c4ccccc4C3=O)[C@@H](OC(C)=O)[C@@H]2OCc2ccccc2)[C@H](N2C(=O)c3ccccc3C2=O)[C@@H](OC(C)=O)[C@@H]1OC(C)=O. The highest BCUT2D eigenvalue weighted by Gasteiger charge is 2.63. The van der Waals surface area contributed by atoms with Crippen LogP contribution in [0.4, 0.5) is 13.2 Å². The number of imide groups is 3. The molecule has 528 valence electrons. The number of benzene rings is 5. The molecule has 3 fully saturated rings. The fourth-order valence-corrected chi connectivity index (χ4v) is 13.2. The molecular weight excluding hydrogens is 1350 g/mol. The number of ether oxygens (including phenoxy) is 12. The predicted molar refractivity (Wildman–Crippen MR) is 325 cm³/mol. The summed E-state index contributed by atoms with van der Waals surface area (Å²) in [7, 11) is -6.83. The summed E-state index contributed by atoms with van der Waals surface area (Å²) < 4.78 is 150. The number of halogens is 3. The molecule has 0 spiro atoms. The molecule has 11 rings (SSSR count). The van der Waals surface area contributed by atoms with E-state index in [1.54, 1.807) is 60.7 Å². The van der Waals surface area contributed by atoms with Crippen molar-refractivity contribution in [3.05, 3.63) is 178 Å². The molecule has 15 atom stereocenters. The van der Waals surface area contributed by atoms with Crippen LogP contribution < -0.4 is 0 Å². The second-order valence-corrected chi connectivity index (χ2v) is 25.0. The Kier molecular flexibility index (Phi) is 21.2. The van der Waals surface area contributed by atoms with Crippen LogP contribution >= 0.6 is 0 Å². The summed E-state index contributed by atoms with van der Waals surface area (Å²) in [5.74, 6) is -11.8. The quantitative estimate of drug-likeness (QED) is 0.0285. The lowest BCUT2D eigenvalue weighted by molar-refractivity contribution is -0.327. The van der Waals surface area contributed by atoms with E-state index in [0.717, 1.165) is 34.6 Å². The van der Waals surface area contributed by atoms with Gasteiger partial charge in [-0.05, 0) is 47.5 Å². The largest absolute Gasteiger partial charge is 0.523 e. The highest BCUT2D eigenvalue weighted by atomic mass is 32.2. The fraction of sp³-hybridized carbons (Fsp3) is 0.388. The molecule has 100 heavy (non-hydrogen) atoms. The first kappa shape index (κ1) is 71.6. The number of fused-ring (bicyclic) bond motifs is 3. The van der Waals surface area contributed by atoms with Gasteiger partial charge in [0.25, 0.3) is 35.4 Å². The summed E-state index contributed by atoms with van der Waals surface area (Å²) in [6.07, 6.45) is -24.7. The van der Waals surface area contributed by atoms with Crippen LogP contribution in [0, 0.1) is 0 Å². The average Bonchev–Trinajstić information content (AvgIpc) is 1.50. The Morgan fingerprint density at radius 2 is 0.660 bits per heavy atom. The van der Waals surface area contributed by atoms with Crippen molar-refractivity contribution in [3.8, 4) is 0 Å². The Morgan fingerprint density at radius 3 is 0.970 bits per heavy atom. The maximum absolute atomic E-state index is 15.0. The van der Waals surface area contributed by atoms with Gasteiger partial charge in [0.05, 0.1) is 59.8 Å². The number of hydrogen-bond donors (Lipinski definition) is 0. The molecule has 0 unspecified atom stereocenters.